The van der Waals surface area contributed by atoms with Crippen molar-refractivity contribution in [1.29, 1.82) is 5.26 Å². The van der Waals surface area contributed by atoms with E-state index in [1.165, 1.54) is 18.3 Å². The number of anilines is 1. The molecule has 1 amide bonds. The fourth-order valence-electron chi connectivity index (χ4n) is 5.34. The second kappa shape index (κ2) is 9.63. The summed E-state index contributed by atoms with van der Waals surface area (Å²) in [5, 5.41) is 15.7. The molecule has 2 N–H and O–H groups in total. The number of nitrogens with zero attached hydrogens (tertiary/aromatic N) is 4. The minimum Gasteiger partial charge on any atom is -0.368 e. The number of carbonyl (C=O) groups excluding carboxylic acids is 1. The fraction of sp³-hybridized carbons (Fsp3) is 0.333. The maximum atomic E-state index is 14.1. The zero-order valence-electron chi connectivity index (χ0n) is 19.9. The summed E-state index contributed by atoms with van der Waals surface area (Å²) in [6.45, 7) is 4.33. The molecular weight excluding hydrogens is 462 g/mol. The Kier molecular flexibility index (Phi) is 6.37. The number of hydrogen-bond acceptors (Lipinski definition) is 6. The Labute approximate surface area is 208 Å². The van der Waals surface area contributed by atoms with Crippen LogP contribution < -0.4 is 15.5 Å². The number of amides is 1. The molecule has 36 heavy (non-hydrogen) atoms. The Morgan fingerprint density at radius 2 is 2.00 bits per heavy atom. The van der Waals surface area contributed by atoms with Gasteiger partial charge in [-0.2, -0.15) is 5.26 Å². The molecule has 1 aromatic carbocycles. The van der Waals surface area contributed by atoms with Crippen molar-refractivity contribution in [2.75, 3.05) is 24.5 Å². The zero-order valence-corrected chi connectivity index (χ0v) is 19.9. The molecule has 0 aliphatic carbocycles. The first-order valence-electron chi connectivity index (χ1n) is 12.0. The molecule has 3 aromatic rings. The summed E-state index contributed by atoms with van der Waals surface area (Å²) in [5.74, 6) is -1.74. The molecule has 7 nitrogen and oxygen atoms in total. The van der Waals surface area contributed by atoms with Crippen molar-refractivity contribution in [1.82, 2.24) is 20.6 Å². The van der Waals surface area contributed by atoms with E-state index in [1.807, 2.05) is 12.1 Å². The van der Waals surface area contributed by atoms with E-state index < -0.39 is 11.6 Å². The van der Waals surface area contributed by atoms with Gasteiger partial charge in [0.05, 0.1) is 11.3 Å². The smallest absolute Gasteiger partial charge is 0.255 e. The maximum Gasteiger partial charge on any atom is 0.255 e. The van der Waals surface area contributed by atoms with Crippen LogP contribution in [0.5, 0.6) is 0 Å². The highest BCUT2D eigenvalue weighted by atomic mass is 19.1. The van der Waals surface area contributed by atoms with E-state index in [1.54, 1.807) is 19.2 Å². The second-order valence-corrected chi connectivity index (χ2v) is 9.52. The summed E-state index contributed by atoms with van der Waals surface area (Å²) in [6, 6.07) is 8.81. The first-order valence-corrected chi connectivity index (χ1v) is 12.0. The van der Waals surface area contributed by atoms with Gasteiger partial charge < -0.3 is 15.5 Å². The van der Waals surface area contributed by atoms with Gasteiger partial charge in [0.25, 0.3) is 5.91 Å². The molecule has 184 valence electrons. The molecule has 1 spiro atoms. The van der Waals surface area contributed by atoms with Gasteiger partial charge >= 0.3 is 0 Å². The molecule has 2 aliphatic rings. The monoisotopic (exact) mass is 488 g/mol. The Balaban J connectivity index is 1.51. The molecule has 1 atom stereocenters. The van der Waals surface area contributed by atoms with Gasteiger partial charge in [0.1, 0.15) is 23.4 Å². The Morgan fingerprint density at radius 1 is 1.19 bits per heavy atom. The third-order valence-corrected chi connectivity index (χ3v) is 6.92. The molecule has 2 aromatic heterocycles. The molecule has 2 aliphatic heterocycles. The largest absolute Gasteiger partial charge is 0.368 e. The Morgan fingerprint density at radius 3 is 2.72 bits per heavy atom. The number of aryl methyl sites for hydroxylation is 1. The summed E-state index contributed by atoms with van der Waals surface area (Å²) in [7, 11) is 0. The Hall–Kier alpha value is -3.90. The zero-order chi connectivity index (χ0) is 25.3. The van der Waals surface area contributed by atoms with Gasteiger partial charge in [-0.1, -0.05) is 0 Å². The molecular formula is C27H26F2N6O. The highest BCUT2D eigenvalue weighted by Crippen LogP contribution is 2.40. The van der Waals surface area contributed by atoms with Crippen molar-refractivity contribution in [2.45, 2.75) is 38.3 Å². The van der Waals surface area contributed by atoms with Crippen LogP contribution in [0.1, 0.15) is 46.6 Å². The summed E-state index contributed by atoms with van der Waals surface area (Å²) >= 11 is 0. The third-order valence-electron chi connectivity index (χ3n) is 6.92. The van der Waals surface area contributed by atoms with Crippen LogP contribution in [0.25, 0.3) is 11.1 Å². The van der Waals surface area contributed by atoms with Crippen molar-refractivity contribution >= 4 is 11.6 Å². The number of aromatic nitrogens is 2. The average Bonchev–Trinajstić information content (AvgIpc) is 3.50. The minimum absolute atomic E-state index is 0.0241. The topological polar surface area (TPSA) is 93.9 Å². The van der Waals surface area contributed by atoms with Gasteiger partial charge in [-0.15, -0.1) is 0 Å². The van der Waals surface area contributed by atoms with Gasteiger partial charge in [0.15, 0.2) is 0 Å². The molecule has 2 fully saturated rings. The van der Waals surface area contributed by atoms with Crippen molar-refractivity contribution in [3.8, 4) is 17.2 Å². The number of halogens is 2. The highest BCUT2D eigenvalue weighted by Gasteiger charge is 2.41. The van der Waals surface area contributed by atoms with Crippen LogP contribution in [-0.4, -0.2) is 41.0 Å². The minimum atomic E-state index is -0.692. The Bertz CT molecular complexity index is 1340. The van der Waals surface area contributed by atoms with Gasteiger partial charge in [0, 0.05) is 54.9 Å². The van der Waals surface area contributed by atoms with E-state index in [0.717, 1.165) is 37.4 Å². The predicted octanol–water partition coefficient (Wildman–Crippen LogP) is 3.86. The second-order valence-electron chi connectivity index (χ2n) is 9.52. The molecule has 0 saturated carbocycles. The number of benzene rings is 1. The number of hydrogen-bond donors (Lipinski definition) is 2. The summed E-state index contributed by atoms with van der Waals surface area (Å²) in [4.78, 5) is 24.0. The molecule has 2 saturated heterocycles. The first kappa shape index (κ1) is 23.8. The summed E-state index contributed by atoms with van der Waals surface area (Å²) < 4.78 is 28.3. The van der Waals surface area contributed by atoms with Crippen molar-refractivity contribution in [2.24, 2.45) is 0 Å². The van der Waals surface area contributed by atoms with Crippen LogP contribution in [0.4, 0.5) is 14.5 Å². The number of nitrogens with one attached hydrogen (secondary N) is 2. The van der Waals surface area contributed by atoms with Crippen LogP contribution >= 0.6 is 0 Å². The van der Waals surface area contributed by atoms with Gasteiger partial charge in [-0.25, -0.2) is 13.8 Å². The standard InChI is InChI=1S/C27H26F2N6O/c1-17-7-18(8-22(12-30)34-17)13-32-26(36)24-15-31-14-23(19-9-20(28)11-21(29)10-19)25(24)35-6-4-27(16-35)3-2-5-33-27/h7-11,14-15,33H,2-6,13,16H2,1H3,(H,32,36)/t27-/m0/s1. The summed E-state index contributed by atoms with van der Waals surface area (Å²) in [6.07, 6.45) is 6.10. The lowest BCUT2D eigenvalue weighted by Gasteiger charge is -2.28. The molecule has 0 unspecified atom stereocenters. The third kappa shape index (κ3) is 4.77. The van der Waals surface area contributed by atoms with E-state index in [0.29, 0.717) is 41.2 Å². The molecule has 5 rings (SSSR count). The highest BCUT2D eigenvalue weighted by molar-refractivity contribution is 6.03. The molecule has 0 bridgehead atoms. The first-order chi connectivity index (χ1) is 17.4. The quantitative estimate of drug-likeness (QED) is 0.567. The normalized spacial score (nSPS) is 19.0. The molecule has 9 heteroatoms. The van der Waals surface area contributed by atoms with Crippen LogP contribution in [0, 0.1) is 29.9 Å². The SMILES string of the molecule is Cc1cc(CNC(=O)c2cncc(-c3cc(F)cc(F)c3)c2N2CC[C@@]3(CCCN3)C2)cc(C#N)n1. The van der Waals surface area contributed by atoms with Crippen molar-refractivity contribution < 1.29 is 13.6 Å². The van der Waals surface area contributed by atoms with E-state index in [2.05, 4.69) is 25.5 Å². The van der Waals surface area contributed by atoms with E-state index in [9.17, 15) is 18.8 Å². The lowest BCUT2D eigenvalue weighted by molar-refractivity contribution is 0.0951. The summed E-state index contributed by atoms with van der Waals surface area (Å²) in [5.41, 5.74) is 3.46. The number of rotatable bonds is 5. The van der Waals surface area contributed by atoms with E-state index in [4.69, 9.17) is 0 Å². The van der Waals surface area contributed by atoms with E-state index >= 15 is 0 Å². The van der Waals surface area contributed by atoms with Crippen LogP contribution in [0.15, 0.2) is 42.7 Å². The molecule has 0 radical (unpaired) electrons. The maximum absolute atomic E-state index is 14.1. The van der Waals surface area contributed by atoms with Crippen LogP contribution in [0.2, 0.25) is 0 Å². The van der Waals surface area contributed by atoms with Crippen molar-refractivity contribution in [3.05, 3.63) is 76.9 Å². The van der Waals surface area contributed by atoms with E-state index in [-0.39, 0.29) is 23.7 Å². The van der Waals surface area contributed by atoms with Crippen LogP contribution in [0.3, 0.4) is 0 Å². The van der Waals surface area contributed by atoms with Gasteiger partial charge in [-0.3, -0.25) is 9.78 Å². The lowest BCUT2D eigenvalue weighted by Crippen LogP contribution is -2.42. The number of pyridine rings is 2. The van der Waals surface area contributed by atoms with Crippen molar-refractivity contribution in [3.63, 3.8) is 0 Å². The fourth-order valence-corrected chi connectivity index (χ4v) is 5.34. The molecule has 4 heterocycles. The van der Waals surface area contributed by atoms with Gasteiger partial charge in [0.2, 0.25) is 0 Å². The average molecular weight is 489 g/mol. The number of carbonyl (C=O) groups is 1. The lowest BCUT2D eigenvalue weighted by atomic mass is 9.96. The predicted molar refractivity (Wildman–Crippen MR) is 131 cm³/mol. The van der Waals surface area contributed by atoms with Gasteiger partial charge in [-0.05, 0) is 68.1 Å². The van der Waals surface area contributed by atoms with Crippen LogP contribution in [-0.2, 0) is 6.54 Å². The number of nitriles is 1.